The van der Waals surface area contributed by atoms with E-state index in [9.17, 15) is 18.0 Å². The minimum atomic E-state index is -4.06. The Bertz CT molecular complexity index is 1360. The van der Waals surface area contributed by atoms with Gasteiger partial charge >= 0.3 is 0 Å². The topological polar surface area (TPSA) is 86.8 Å². The van der Waals surface area contributed by atoms with E-state index in [2.05, 4.69) is 5.32 Å². The van der Waals surface area contributed by atoms with Crippen molar-refractivity contribution in [2.75, 3.05) is 10.8 Å². The summed E-state index contributed by atoms with van der Waals surface area (Å²) in [5.41, 5.74) is 2.14. The highest BCUT2D eigenvalue weighted by atomic mass is 32.2. The predicted octanol–water partition coefficient (Wildman–Crippen LogP) is 5.06. The number of sulfonamides is 1. The number of amides is 2. The van der Waals surface area contributed by atoms with Crippen LogP contribution in [0.2, 0.25) is 0 Å². The Kier molecular flexibility index (Phi) is 9.41. The van der Waals surface area contributed by atoms with Crippen molar-refractivity contribution in [3.05, 3.63) is 96.1 Å². The quantitative estimate of drug-likeness (QED) is 0.364. The van der Waals surface area contributed by atoms with Gasteiger partial charge in [-0.2, -0.15) is 0 Å². The lowest BCUT2D eigenvalue weighted by atomic mass is 10.1. The number of rotatable bonds is 11. The van der Waals surface area contributed by atoms with Crippen molar-refractivity contribution in [2.45, 2.75) is 69.5 Å². The number of anilines is 1. The molecule has 0 spiro atoms. The molecule has 3 aromatic rings. The van der Waals surface area contributed by atoms with Crippen molar-refractivity contribution < 1.29 is 18.0 Å². The standard InChI is InChI=1S/C31H37N3O4S/c1-3-29(31(36)32-26-16-10-11-17-26)33(22-25-14-6-4-7-15-25)30(35)23-34(27-18-12-13-24(2)21-27)39(37,38)28-19-8-5-9-20-28/h4-9,12-15,18-21,26,29H,3,10-11,16-17,22-23H2,1-2H3,(H,32,36)/t29-/m1/s1. The molecule has 1 aliphatic rings. The van der Waals surface area contributed by atoms with E-state index in [0.717, 1.165) is 41.1 Å². The summed E-state index contributed by atoms with van der Waals surface area (Å²) in [4.78, 5) is 29.2. The van der Waals surface area contributed by atoms with E-state index in [1.165, 1.54) is 17.0 Å². The van der Waals surface area contributed by atoms with Gasteiger partial charge in [-0.15, -0.1) is 0 Å². The molecule has 1 fully saturated rings. The van der Waals surface area contributed by atoms with Gasteiger partial charge in [0.2, 0.25) is 11.8 Å². The van der Waals surface area contributed by atoms with Crippen LogP contribution in [-0.2, 0) is 26.2 Å². The lowest BCUT2D eigenvalue weighted by molar-refractivity contribution is -0.140. The van der Waals surface area contributed by atoms with Crippen molar-refractivity contribution in [3.63, 3.8) is 0 Å². The van der Waals surface area contributed by atoms with Gasteiger partial charge in [0.15, 0.2) is 0 Å². The number of nitrogens with one attached hydrogen (secondary N) is 1. The molecule has 0 unspecified atom stereocenters. The maximum Gasteiger partial charge on any atom is 0.264 e. The van der Waals surface area contributed by atoms with Crippen LogP contribution in [0.15, 0.2) is 89.8 Å². The second kappa shape index (κ2) is 12.9. The number of aryl methyl sites for hydroxylation is 1. The van der Waals surface area contributed by atoms with E-state index in [1.54, 1.807) is 36.4 Å². The largest absolute Gasteiger partial charge is 0.352 e. The van der Waals surface area contributed by atoms with E-state index < -0.39 is 28.5 Å². The van der Waals surface area contributed by atoms with Crippen LogP contribution in [-0.4, -0.2) is 43.8 Å². The third kappa shape index (κ3) is 7.06. The average molecular weight is 548 g/mol. The zero-order valence-electron chi connectivity index (χ0n) is 22.6. The SMILES string of the molecule is CC[C@H](C(=O)NC1CCCC1)N(Cc1ccccc1)C(=O)CN(c1cccc(C)c1)S(=O)(=O)c1ccccc1. The Labute approximate surface area is 231 Å². The van der Waals surface area contributed by atoms with Crippen LogP contribution < -0.4 is 9.62 Å². The van der Waals surface area contributed by atoms with Crippen molar-refractivity contribution in [1.82, 2.24) is 10.2 Å². The molecule has 0 aromatic heterocycles. The van der Waals surface area contributed by atoms with Gasteiger partial charge in [-0.1, -0.05) is 80.4 Å². The summed E-state index contributed by atoms with van der Waals surface area (Å²) in [7, 11) is -4.06. The molecule has 3 aromatic carbocycles. The second-order valence-corrected chi connectivity index (χ2v) is 11.9. The molecular weight excluding hydrogens is 510 g/mol. The summed E-state index contributed by atoms with van der Waals surface area (Å²) in [6.07, 6.45) is 4.44. The third-order valence-electron chi connectivity index (χ3n) is 7.18. The number of carbonyl (C=O) groups excluding carboxylic acids is 2. The van der Waals surface area contributed by atoms with E-state index in [-0.39, 0.29) is 23.4 Å². The first-order chi connectivity index (χ1) is 18.8. The molecule has 1 aliphatic carbocycles. The van der Waals surface area contributed by atoms with Gasteiger partial charge in [0.25, 0.3) is 10.0 Å². The normalized spacial score (nSPS) is 14.5. The first kappa shape index (κ1) is 28.4. The lowest BCUT2D eigenvalue weighted by Crippen LogP contribution is -2.53. The number of nitrogens with zero attached hydrogens (tertiary/aromatic N) is 2. The van der Waals surface area contributed by atoms with Crippen LogP contribution in [0.3, 0.4) is 0 Å². The Morgan fingerprint density at radius 2 is 1.56 bits per heavy atom. The highest BCUT2D eigenvalue weighted by molar-refractivity contribution is 7.92. The van der Waals surface area contributed by atoms with Crippen LogP contribution in [0.4, 0.5) is 5.69 Å². The highest BCUT2D eigenvalue weighted by Gasteiger charge is 2.34. The summed E-state index contributed by atoms with van der Waals surface area (Å²) in [6, 6.07) is 24.1. The predicted molar refractivity (Wildman–Crippen MR) is 154 cm³/mol. The van der Waals surface area contributed by atoms with Gasteiger partial charge in [-0.3, -0.25) is 13.9 Å². The first-order valence-corrected chi connectivity index (χ1v) is 15.0. The lowest BCUT2D eigenvalue weighted by Gasteiger charge is -2.33. The van der Waals surface area contributed by atoms with Gasteiger partial charge < -0.3 is 10.2 Å². The van der Waals surface area contributed by atoms with Crippen LogP contribution in [0.5, 0.6) is 0 Å². The first-order valence-electron chi connectivity index (χ1n) is 13.6. The van der Waals surface area contributed by atoms with Gasteiger partial charge in [0, 0.05) is 12.6 Å². The number of carbonyl (C=O) groups is 2. The smallest absolute Gasteiger partial charge is 0.264 e. The summed E-state index contributed by atoms with van der Waals surface area (Å²) >= 11 is 0. The molecule has 2 amide bonds. The molecule has 1 atom stereocenters. The number of benzene rings is 3. The Morgan fingerprint density at radius 1 is 0.923 bits per heavy atom. The van der Waals surface area contributed by atoms with Gasteiger partial charge in [0.05, 0.1) is 10.6 Å². The minimum Gasteiger partial charge on any atom is -0.352 e. The van der Waals surface area contributed by atoms with Crippen molar-refractivity contribution in [1.29, 1.82) is 0 Å². The molecule has 0 bridgehead atoms. The fraction of sp³-hybridized carbons (Fsp3) is 0.355. The van der Waals surface area contributed by atoms with Gasteiger partial charge in [-0.05, 0) is 61.6 Å². The number of hydrogen-bond acceptors (Lipinski definition) is 4. The number of hydrogen-bond donors (Lipinski definition) is 1. The van der Waals surface area contributed by atoms with E-state index in [0.29, 0.717) is 12.1 Å². The van der Waals surface area contributed by atoms with E-state index in [4.69, 9.17) is 0 Å². The Morgan fingerprint density at radius 3 is 2.18 bits per heavy atom. The molecule has 39 heavy (non-hydrogen) atoms. The van der Waals surface area contributed by atoms with E-state index >= 15 is 0 Å². The van der Waals surface area contributed by atoms with Crippen LogP contribution >= 0.6 is 0 Å². The second-order valence-electron chi connectivity index (χ2n) is 10.1. The monoisotopic (exact) mass is 547 g/mol. The van der Waals surface area contributed by atoms with Crippen molar-refractivity contribution >= 4 is 27.5 Å². The Balaban J connectivity index is 1.69. The Hall–Kier alpha value is -3.65. The van der Waals surface area contributed by atoms with Crippen LogP contribution in [0.25, 0.3) is 0 Å². The zero-order valence-corrected chi connectivity index (χ0v) is 23.4. The van der Waals surface area contributed by atoms with Gasteiger partial charge in [0.1, 0.15) is 12.6 Å². The molecule has 1 saturated carbocycles. The molecular formula is C31H37N3O4S. The summed E-state index contributed by atoms with van der Waals surface area (Å²) < 4.78 is 28.8. The van der Waals surface area contributed by atoms with Crippen molar-refractivity contribution in [2.24, 2.45) is 0 Å². The van der Waals surface area contributed by atoms with Crippen molar-refractivity contribution in [3.8, 4) is 0 Å². The molecule has 1 N–H and O–H groups in total. The highest BCUT2D eigenvalue weighted by Crippen LogP contribution is 2.26. The summed E-state index contributed by atoms with van der Waals surface area (Å²) in [6.45, 7) is 3.52. The maximum atomic E-state index is 14.1. The molecule has 0 saturated heterocycles. The molecule has 0 aliphatic heterocycles. The van der Waals surface area contributed by atoms with Crippen LogP contribution in [0, 0.1) is 6.92 Å². The molecule has 7 nitrogen and oxygen atoms in total. The van der Waals surface area contributed by atoms with Crippen LogP contribution in [0.1, 0.15) is 50.2 Å². The third-order valence-corrected chi connectivity index (χ3v) is 8.97. The molecule has 0 radical (unpaired) electrons. The molecule has 0 heterocycles. The molecule has 4 rings (SSSR count). The summed E-state index contributed by atoms with van der Waals surface area (Å²) in [5, 5.41) is 3.13. The van der Waals surface area contributed by atoms with E-state index in [1.807, 2.05) is 50.2 Å². The molecule has 206 valence electrons. The fourth-order valence-corrected chi connectivity index (χ4v) is 6.53. The summed E-state index contributed by atoms with van der Waals surface area (Å²) in [5.74, 6) is -0.630. The minimum absolute atomic E-state index is 0.0972. The molecule has 8 heteroatoms. The maximum absolute atomic E-state index is 14.1. The average Bonchev–Trinajstić information content (AvgIpc) is 3.45. The zero-order chi connectivity index (χ0) is 27.8. The fourth-order valence-electron chi connectivity index (χ4n) is 5.10. The van der Waals surface area contributed by atoms with Gasteiger partial charge in [-0.25, -0.2) is 8.42 Å².